The number of rotatable bonds is 2. The lowest BCUT2D eigenvalue weighted by Gasteiger charge is -2.16. The molecule has 1 atom stereocenters. The molecule has 1 heterocycles. The van der Waals surface area contributed by atoms with Crippen molar-refractivity contribution in [3.05, 3.63) is 18.2 Å². The maximum atomic E-state index is 9.91. The van der Waals surface area contributed by atoms with Gasteiger partial charge in [0, 0.05) is 24.9 Å². The van der Waals surface area contributed by atoms with Gasteiger partial charge in [0.15, 0.2) is 0 Å². The SMILES string of the molecule is Cn1ccnc1C(O)C1(C)CC1. The van der Waals surface area contributed by atoms with Crippen LogP contribution < -0.4 is 0 Å². The standard InChI is InChI=1S/C9H14N2O/c1-9(3-4-9)7(12)8-10-5-6-11(8)2/h5-7,12H,3-4H2,1-2H3. The van der Waals surface area contributed by atoms with E-state index >= 15 is 0 Å². The maximum Gasteiger partial charge on any atom is 0.137 e. The lowest BCUT2D eigenvalue weighted by molar-refractivity contribution is 0.0921. The van der Waals surface area contributed by atoms with Gasteiger partial charge in [-0.25, -0.2) is 4.98 Å². The van der Waals surface area contributed by atoms with Gasteiger partial charge in [0.25, 0.3) is 0 Å². The third-order valence-corrected chi connectivity index (χ3v) is 2.80. The van der Waals surface area contributed by atoms with E-state index in [9.17, 15) is 5.11 Å². The van der Waals surface area contributed by atoms with E-state index in [2.05, 4.69) is 11.9 Å². The summed E-state index contributed by atoms with van der Waals surface area (Å²) in [5, 5.41) is 9.91. The zero-order chi connectivity index (χ0) is 8.77. The molecule has 0 bridgehead atoms. The van der Waals surface area contributed by atoms with Crippen LogP contribution in [0.4, 0.5) is 0 Å². The van der Waals surface area contributed by atoms with E-state index in [0.29, 0.717) is 0 Å². The molecule has 0 saturated heterocycles. The summed E-state index contributed by atoms with van der Waals surface area (Å²) < 4.78 is 1.88. The van der Waals surface area contributed by atoms with Gasteiger partial charge in [0.2, 0.25) is 0 Å². The molecule has 0 amide bonds. The molecule has 1 aliphatic rings. The molecule has 0 spiro atoms. The average Bonchev–Trinajstić information content (AvgIpc) is 2.63. The molecule has 0 radical (unpaired) electrons. The van der Waals surface area contributed by atoms with Crippen LogP contribution in [0.25, 0.3) is 0 Å². The van der Waals surface area contributed by atoms with E-state index in [1.54, 1.807) is 6.20 Å². The Morgan fingerprint density at radius 1 is 1.67 bits per heavy atom. The number of hydrogen-bond acceptors (Lipinski definition) is 2. The number of aliphatic hydroxyl groups excluding tert-OH is 1. The van der Waals surface area contributed by atoms with E-state index in [0.717, 1.165) is 18.7 Å². The Bertz CT molecular complexity index is 288. The molecule has 12 heavy (non-hydrogen) atoms. The van der Waals surface area contributed by atoms with Gasteiger partial charge >= 0.3 is 0 Å². The van der Waals surface area contributed by atoms with Crippen molar-refractivity contribution in [3.8, 4) is 0 Å². The van der Waals surface area contributed by atoms with Crippen LogP contribution in [0.3, 0.4) is 0 Å². The maximum absolute atomic E-state index is 9.91. The molecule has 1 N–H and O–H groups in total. The topological polar surface area (TPSA) is 38.0 Å². The van der Waals surface area contributed by atoms with Gasteiger partial charge in [-0.15, -0.1) is 0 Å². The number of aromatic nitrogens is 2. The van der Waals surface area contributed by atoms with Gasteiger partial charge in [-0.3, -0.25) is 0 Å². The number of imidazole rings is 1. The molecule has 1 unspecified atom stereocenters. The van der Waals surface area contributed by atoms with Crippen LogP contribution in [0.2, 0.25) is 0 Å². The van der Waals surface area contributed by atoms with E-state index in [1.807, 2.05) is 17.8 Å². The van der Waals surface area contributed by atoms with Crippen molar-refractivity contribution in [1.82, 2.24) is 9.55 Å². The summed E-state index contributed by atoms with van der Waals surface area (Å²) in [7, 11) is 1.91. The van der Waals surface area contributed by atoms with Crippen LogP contribution in [0.5, 0.6) is 0 Å². The molecule has 1 fully saturated rings. The first-order valence-corrected chi connectivity index (χ1v) is 4.29. The molecule has 0 aromatic carbocycles. The predicted octanol–water partition coefficient (Wildman–Crippen LogP) is 1.25. The fourth-order valence-electron chi connectivity index (χ4n) is 1.42. The van der Waals surface area contributed by atoms with Crippen LogP contribution in [-0.2, 0) is 7.05 Å². The second-order valence-electron chi connectivity index (χ2n) is 3.95. The number of aliphatic hydroxyl groups is 1. The normalized spacial score (nSPS) is 22.2. The summed E-state index contributed by atoms with van der Waals surface area (Å²) in [5.74, 6) is 0.787. The van der Waals surface area contributed by atoms with Gasteiger partial charge in [-0.05, 0) is 12.8 Å². The van der Waals surface area contributed by atoms with Gasteiger partial charge < -0.3 is 9.67 Å². The zero-order valence-corrected chi connectivity index (χ0v) is 7.49. The monoisotopic (exact) mass is 166 g/mol. The first-order chi connectivity index (χ1) is 5.63. The van der Waals surface area contributed by atoms with Crippen molar-refractivity contribution in [3.63, 3.8) is 0 Å². The van der Waals surface area contributed by atoms with Gasteiger partial charge in [-0.1, -0.05) is 6.92 Å². The van der Waals surface area contributed by atoms with Crippen molar-refractivity contribution in [2.45, 2.75) is 25.9 Å². The molecule has 1 aromatic heterocycles. The predicted molar refractivity (Wildman–Crippen MR) is 45.5 cm³/mol. The Morgan fingerprint density at radius 2 is 2.33 bits per heavy atom. The zero-order valence-electron chi connectivity index (χ0n) is 7.49. The Kier molecular flexibility index (Phi) is 1.51. The Balaban J connectivity index is 2.25. The lowest BCUT2D eigenvalue weighted by Crippen LogP contribution is -2.14. The summed E-state index contributed by atoms with van der Waals surface area (Å²) in [6, 6.07) is 0. The summed E-state index contributed by atoms with van der Waals surface area (Å²) in [6.45, 7) is 2.10. The highest BCUT2D eigenvalue weighted by atomic mass is 16.3. The largest absolute Gasteiger partial charge is 0.385 e. The van der Waals surface area contributed by atoms with Gasteiger partial charge in [-0.2, -0.15) is 0 Å². The third kappa shape index (κ3) is 1.05. The summed E-state index contributed by atoms with van der Waals surface area (Å²) in [5.41, 5.74) is 0.0963. The molecule has 3 heteroatoms. The van der Waals surface area contributed by atoms with Gasteiger partial charge in [0.1, 0.15) is 11.9 Å². The highest BCUT2D eigenvalue weighted by Crippen LogP contribution is 2.53. The van der Waals surface area contributed by atoms with E-state index in [4.69, 9.17) is 0 Å². The van der Waals surface area contributed by atoms with Crippen LogP contribution >= 0.6 is 0 Å². The fourth-order valence-corrected chi connectivity index (χ4v) is 1.42. The Labute approximate surface area is 72.0 Å². The van der Waals surface area contributed by atoms with Crippen LogP contribution in [0.1, 0.15) is 31.7 Å². The Hall–Kier alpha value is -0.830. The molecule has 3 nitrogen and oxygen atoms in total. The molecule has 1 saturated carbocycles. The molecule has 1 aromatic rings. The first kappa shape index (κ1) is 7.80. The summed E-state index contributed by atoms with van der Waals surface area (Å²) in [6.07, 6.45) is 5.42. The number of nitrogens with zero attached hydrogens (tertiary/aromatic N) is 2. The van der Waals surface area contributed by atoms with E-state index in [-0.39, 0.29) is 5.41 Å². The minimum absolute atomic E-state index is 0.0963. The first-order valence-electron chi connectivity index (χ1n) is 4.29. The molecular weight excluding hydrogens is 152 g/mol. The van der Waals surface area contributed by atoms with Crippen molar-refractivity contribution in [1.29, 1.82) is 0 Å². The Morgan fingerprint density at radius 3 is 2.75 bits per heavy atom. The number of aryl methyl sites for hydroxylation is 1. The minimum atomic E-state index is -0.391. The van der Waals surface area contributed by atoms with E-state index in [1.165, 1.54) is 0 Å². The van der Waals surface area contributed by atoms with Crippen molar-refractivity contribution in [2.75, 3.05) is 0 Å². The molecule has 0 aliphatic heterocycles. The smallest absolute Gasteiger partial charge is 0.137 e. The fraction of sp³-hybridized carbons (Fsp3) is 0.667. The summed E-state index contributed by atoms with van der Waals surface area (Å²) >= 11 is 0. The van der Waals surface area contributed by atoms with Crippen molar-refractivity contribution >= 4 is 0 Å². The highest BCUT2D eigenvalue weighted by molar-refractivity contribution is 5.06. The molecule has 1 aliphatic carbocycles. The third-order valence-electron chi connectivity index (χ3n) is 2.80. The van der Waals surface area contributed by atoms with E-state index < -0.39 is 6.10 Å². The van der Waals surface area contributed by atoms with Crippen molar-refractivity contribution < 1.29 is 5.11 Å². The molecule has 2 rings (SSSR count). The van der Waals surface area contributed by atoms with Crippen LogP contribution in [0, 0.1) is 5.41 Å². The quantitative estimate of drug-likeness (QED) is 0.718. The second kappa shape index (κ2) is 2.33. The summed E-state index contributed by atoms with van der Waals surface area (Å²) in [4.78, 5) is 4.14. The minimum Gasteiger partial charge on any atom is -0.385 e. The van der Waals surface area contributed by atoms with Crippen molar-refractivity contribution in [2.24, 2.45) is 12.5 Å². The van der Waals surface area contributed by atoms with Crippen LogP contribution in [0.15, 0.2) is 12.4 Å². The number of hydrogen-bond donors (Lipinski definition) is 1. The van der Waals surface area contributed by atoms with Crippen LogP contribution in [-0.4, -0.2) is 14.7 Å². The van der Waals surface area contributed by atoms with Gasteiger partial charge in [0.05, 0.1) is 0 Å². The lowest BCUT2D eigenvalue weighted by atomic mass is 10.0. The average molecular weight is 166 g/mol. The highest BCUT2D eigenvalue weighted by Gasteiger charge is 2.46. The second-order valence-corrected chi connectivity index (χ2v) is 3.95. The molecular formula is C9H14N2O. The molecule has 66 valence electrons.